The quantitative estimate of drug-likeness (QED) is 0.351. The number of aromatic nitrogens is 2. The van der Waals surface area contributed by atoms with E-state index in [1.54, 1.807) is 0 Å². The number of benzene rings is 1. The summed E-state index contributed by atoms with van der Waals surface area (Å²) in [5, 5.41) is 0. The number of aryl methyl sites for hydroxylation is 6. The Morgan fingerprint density at radius 1 is 0.536 bits per heavy atom. The maximum Gasteiger partial charge on any atom is 0.178 e. The molecule has 0 aliphatic rings. The molecule has 0 fully saturated rings. The number of nitrogens with zero attached hydrogens (tertiary/aromatic N) is 2. The summed E-state index contributed by atoms with van der Waals surface area (Å²) in [4.78, 5) is 0. The van der Waals surface area contributed by atoms with Crippen molar-refractivity contribution in [1.82, 2.24) is 0 Å². The number of pyridine rings is 2. The Labute approximate surface area is 170 Å². The van der Waals surface area contributed by atoms with Crippen LogP contribution >= 0.6 is 0 Å². The van der Waals surface area contributed by atoms with Crippen molar-refractivity contribution in [2.24, 2.45) is 0 Å². The average Bonchev–Trinajstić information content (AvgIpc) is 2.72. The first-order chi connectivity index (χ1) is 13.7. The molecule has 0 spiro atoms. The average molecular weight is 375 g/mol. The van der Waals surface area contributed by atoms with Crippen LogP contribution in [0.25, 0.3) is 0 Å². The van der Waals surface area contributed by atoms with Crippen LogP contribution in [0.15, 0.2) is 73.1 Å². The van der Waals surface area contributed by atoms with Crippen molar-refractivity contribution in [2.75, 3.05) is 0 Å². The molecule has 146 valence electrons. The SMILES string of the molecule is Cc1cccc[n+]1CCCCc1ccc(CCCC[n+]2ccccc2C)cc1. The lowest BCUT2D eigenvalue weighted by Crippen LogP contribution is -2.36. The molecular formula is C26H34N2+2. The number of hydrogen-bond donors (Lipinski definition) is 0. The third-order valence-electron chi connectivity index (χ3n) is 5.59. The topological polar surface area (TPSA) is 7.76 Å². The molecule has 3 aromatic rings. The number of hydrogen-bond acceptors (Lipinski definition) is 0. The third kappa shape index (κ3) is 6.30. The van der Waals surface area contributed by atoms with E-state index in [0.717, 1.165) is 13.1 Å². The molecule has 28 heavy (non-hydrogen) atoms. The van der Waals surface area contributed by atoms with Crippen molar-refractivity contribution in [3.63, 3.8) is 0 Å². The zero-order valence-corrected chi connectivity index (χ0v) is 17.5. The van der Waals surface area contributed by atoms with Gasteiger partial charge in [-0.1, -0.05) is 36.4 Å². The Balaban J connectivity index is 1.34. The van der Waals surface area contributed by atoms with Crippen LogP contribution in [0.5, 0.6) is 0 Å². The van der Waals surface area contributed by atoms with E-state index >= 15 is 0 Å². The normalized spacial score (nSPS) is 10.9. The second-order valence-electron chi connectivity index (χ2n) is 7.80. The molecule has 0 N–H and O–H groups in total. The van der Waals surface area contributed by atoms with Gasteiger partial charge in [-0.3, -0.25) is 0 Å². The molecule has 2 nitrogen and oxygen atoms in total. The molecule has 2 heterocycles. The van der Waals surface area contributed by atoms with E-state index in [1.165, 1.54) is 61.0 Å². The summed E-state index contributed by atoms with van der Waals surface area (Å²) < 4.78 is 4.69. The van der Waals surface area contributed by atoms with Crippen molar-refractivity contribution in [3.05, 3.63) is 95.6 Å². The molecule has 0 radical (unpaired) electrons. The summed E-state index contributed by atoms with van der Waals surface area (Å²) in [5.74, 6) is 0. The van der Waals surface area contributed by atoms with E-state index in [2.05, 4.69) is 96.0 Å². The highest BCUT2D eigenvalue weighted by atomic mass is 14.9. The largest absolute Gasteiger partial charge is 0.203 e. The molecule has 0 saturated heterocycles. The molecule has 0 saturated carbocycles. The van der Waals surface area contributed by atoms with Gasteiger partial charge in [-0.05, 0) is 36.8 Å². The Hall–Kier alpha value is -2.48. The lowest BCUT2D eigenvalue weighted by molar-refractivity contribution is -0.703. The summed E-state index contributed by atoms with van der Waals surface area (Å²) >= 11 is 0. The minimum absolute atomic E-state index is 1.11. The van der Waals surface area contributed by atoms with Gasteiger partial charge in [0.15, 0.2) is 23.8 Å². The second-order valence-corrected chi connectivity index (χ2v) is 7.80. The van der Waals surface area contributed by atoms with E-state index < -0.39 is 0 Å². The van der Waals surface area contributed by atoms with Gasteiger partial charge >= 0.3 is 0 Å². The van der Waals surface area contributed by atoms with Gasteiger partial charge < -0.3 is 0 Å². The summed E-state index contributed by atoms with van der Waals surface area (Å²) in [6.45, 7) is 6.59. The first-order valence-corrected chi connectivity index (χ1v) is 10.7. The van der Waals surface area contributed by atoms with Crippen molar-refractivity contribution in [1.29, 1.82) is 0 Å². The first-order valence-electron chi connectivity index (χ1n) is 10.7. The smallest absolute Gasteiger partial charge is 0.178 e. The van der Waals surface area contributed by atoms with Crippen LogP contribution in [0.4, 0.5) is 0 Å². The Morgan fingerprint density at radius 3 is 1.36 bits per heavy atom. The van der Waals surface area contributed by atoms with Crippen molar-refractivity contribution >= 4 is 0 Å². The van der Waals surface area contributed by atoms with Gasteiger partial charge in [-0.25, -0.2) is 9.13 Å². The standard InChI is InChI=1S/C26H34N2/c1-23-11-3-7-19-27(23)21-9-5-13-25-15-17-26(18-16-25)14-6-10-22-28-20-8-4-12-24(28)2/h3-4,7-8,11-12,15-20H,5-6,9-10,13-14,21-22H2,1-2H3/q+2. The lowest BCUT2D eigenvalue weighted by Gasteiger charge is -2.05. The maximum atomic E-state index is 2.35. The van der Waals surface area contributed by atoms with Crippen LogP contribution in [0.1, 0.15) is 48.2 Å². The monoisotopic (exact) mass is 374 g/mol. The van der Waals surface area contributed by atoms with Gasteiger partial charge in [0.05, 0.1) is 0 Å². The predicted octanol–water partition coefficient (Wildman–Crippen LogP) is 4.92. The summed E-state index contributed by atoms with van der Waals surface area (Å²) in [6, 6.07) is 22.1. The van der Waals surface area contributed by atoms with E-state index in [1.807, 2.05) is 0 Å². The van der Waals surface area contributed by atoms with E-state index in [-0.39, 0.29) is 0 Å². The van der Waals surface area contributed by atoms with E-state index in [0.29, 0.717) is 0 Å². The Kier molecular flexibility index (Phi) is 7.78. The maximum absolute atomic E-state index is 2.35. The highest BCUT2D eigenvalue weighted by Crippen LogP contribution is 2.11. The third-order valence-corrected chi connectivity index (χ3v) is 5.59. The van der Waals surface area contributed by atoms with Gasteiger partial charge in [-0.2, -0.15) is 0 Å². The first kappa shape index (κ1) is 20.3. The molecule has 0 bridgehead atoms. The number of unbranched alkanes of at least 4 members (excludes halogenated alkanes) is 2. The Morgan fingerprint density at radius 2 is 0.964 bits per heavy atom. The lowest BCUT2D eigenvalue weighted by atomic mass is 10.0. The van der Waals surface area contributed by atoms with Gasteiger partial charge in [0.2, 0.25) is 0 Å². The Bertz CT molecular complexity index is 780. The molecule has 0 atom stereocenters. The molecule has 0 aliphatic carbocycles. The van der Waals surface area contributed by atoms with E-state index in [9.17, 15) is 0 Å². The van der Waals surface area contributed by atoms with Crippen molar-refractivity contribution in [2.45, 2.75) is 65.5 Å². The molecule has 0 aliphatic heterocycles. The fourth-order valence-corrected chi connectivity index (χ4v) is 3.72. The van der Waals surface area contributed by atoms with Gasteiger partial charge in [-0.15, -0.1) is 0 Å². The highest BCUT2D eigenvalue weighted by molar-refractivity contribution is 5.22. The molecule has 2 heteroatoms. The van der Waals surface area contributed by atoms with Gasteiger partial charge in [0.1, 0.15) is 13.1 Å². The molecule has 2 aromatic heterocycles. The molecule has 0 amide bonds. The zero-order chi connectivity index (χ0) is 19.6. The van der Waals surface area contributed by atoms with Crippen LogP contribution in [0.3, 0.4) is 0 Å². The number of rotatable bonds is 10. The summed E-state index contributed by atoms with van der Waals surface area (Å²) in [5.41, 5.74) is 5.61. The highest BCUT2D eigenvalue weighted by Gasteiger charge is 2.05. The van der Waals surface area contributed by atoms with Crippen LogP contribution in [-0.4, -0.2) is 0 Å². The van der Waals surface area contributed by atoms with Gasteiger partial charge in [0.25, 0.3) is 0 Å². The zero-order valence-electron chi connectivity index (χ0n) is 17.5. The molecule has 3 rings (SSSR count). The van der Waals surface area contributed by atoms with Crippen molar-refractivity contribution < 1.29 is 9.13 Å². The van der Waals surface area contributed by atoms with Crippen LogP contribution in [-0.2, 0) is 25.9 Å². The molecule has 0 unspecified atom stereocenters. The van der Waals surface area contributed by atoms with E-state index in [4.69, 9.17) is 0 Å². The van der Waals surface area contributed by atoms with Crippen LogP contribution < -0.4 is 9.13 Å². The second kappa shape index (κ2) is 10.8. The minimum atomic E-state index is 1.11. The van der Waals surface area contributed by atoms with Gasteiger partial charge in [0, 0.05) is 51.0 Å². The summed E-state index contributed by atoms with van der Waals surface area (Å²) in [6.07, 6.45) is 11.7. The fourth-order valence-electron chi connectivity index (χ4n) is 3.72. The predicted molar refractivity (Wildman–Crippen MR) is 115 cm³/mol. The van der Waals surface area contributed by atoms with Crippen LogP contribution in [0.2, 0.25) is 0 Å². The minimum Gasteiger partial charge on any atom is -0.203 e. The molecule has 1 aromatic carbocycles. The van der Waals surface area contributed by atoms with Crippen LogP contribution in [0, 0.1) is 13.8 Å². The fraction of sp³-hybridized carbons (Fsp3) is 0.385. The molecular weight excluding hydrogens is 340 g/mol. The van der Waals surface area contributed by atoms with Crippen molar-refractivity contribution in [3.8, 4) is 0 Å². The summed E-state index contributed by atoms with van der Waals surface area (Å²) in [7, 11) is 0.